The summed E-state index contributed by atoms with van der Waals surface area (Å²) < 4.78 is 5.73. The summed E-state index contributed by atoms with van der Waals surface area (Å²) in [6.07, 6.45) is 4.63. The second-order valence-electron chi connectivity index (χ2n) is 6.61. The molecule has 2 aromatic rings. The molecule has 24 heavy (non-hydrogen) atoms. The Hall–Kier alpha value is -1.61. The van der Waals surface area contributed by atoms with Gasteiger partial charge in [0.25, 0.3) is 0 Å². The lowest BCUT2D eigenvalue weighted by atomic mass is 9.80. The Kier molecular flexibility index (Phi) is 5.72. The van der Waals surface area contributed by atoms with E-state index in [-0.39, 0.29) is 11.4 Å². The van der Waals surface area contributed by atoms with Crippen molar-refractivity contribution in [2.45, 2.75) is 38.7 Å². The van der Waals surface area contributed by atoms with Crippen LogP contribution in [0, 0.1) is 5.41 Å². The van der Waals surface area contributed by atoms with E-state index in [9.17, 15) is 4.79 Å². The number of esters is 1. The van der Waals surface area contributed by atoms with Crippen LogP contribution in [0.1, 0.15) is 36.0 Å². The minimum absolute atomic E-state index is 0.0443. The molecule has 1 aliphatic carbocycles. The summed E-state index contributed by atoms with van der Waals surface area (Å²) in [5.41, 5.74) is 3.25. The fourth-order valence-corrected chi connectivity index (χ4v) is 3.95. The van der Waals surface area contributed by atoms with Gasteiger partial charge in [-0.2, -0.15) is 0 Å². The summed E-state index contributed by atoms with van der Waals surface area (Å²) in [7, 11) is 0. The van der Waals surface area contributed by atoms with Gasteiger partial charge in [0.1, 0.15) is 6.61 Å². The van der Waals surface area contributed by atoms with Gasteiger partial charge in [0, 0.05) is 5.33 Å². The zero-order valence-electron chi connectivity index (χ0n) is 13.8. The van der Waals surface area contributed by atoms with Crippen LogP contribution >= 0.6 is 15.9 Å². The first kappa shape index (κ1) is 17.2. The third-order valence-electron chi connectivity index (χ3n) is 4.86. The van der Waals surface area contributed by atoms with Crippen LogP contribution < -0.4 is 0 Å². The molecule has 2 aromatic carbocycles. The molecular formula is C21H23BrO2. The van der Waals surface area contributed by atoms with Crippen LogP contribution in [-0.2, 0) is 29.0 Å². The third-order valence-corrected chi connectivity index (χ3v) is 5.42. The molecule has 0 aliphatic heterocycles. The Labute approximate surface area is 152 Å². The van der Waals surface area contributed by atoms with Gasteiger partial charge < -0.3 is 4.74 Å². The number of benzene rings is 2. The lowest BCUT2D eigenvalue weighted by Crippen LogP contribution is -2.34. The molecule has 0 saturated carbocycles. The lowest BCUT2D eigenvalue weighted by Gasteiger charge is -2.26. The van der Waals surface area contributed by atoms with E-state index in [1.54, 1.807) is 0 Å². The molecule has 0 heterocycles. The van der Waals surface area contributed by atoms with Gasteiger partial charge in [-0.3, -0.25) is 4.79 Å². The van der Waals surface area contributed by atoms with Crippen LogP contribution in [0.2, 0.25) is 0 Å². The van der Waals surface area contributed by atoms with E-state index in [0.717, 1.165) is 43.0 Å². The summed E-state index contributed by atoms with van der Waals surface area (Å²) in [5, 5.41) is 0.981. The van der Waals surface area contributed by atoms with Crippen molar-refractivity contribution in [1.82, 2.24) is 0 Å². The topological polar surface area (TPSA) is 26.3 Å². The average molecular weight is 387 g/mol. The third kappa shape index (κ3) is 3.89. The number of hydrogen-bond acceptors (Lipinski definition) is 2. The van der Waals surface area contributed by atoms with E-state index in [1.165, 1.54) is 11.1 Å². The zero-order valence-corrected chi connectivity index (χ0v) is 15.4. The highest BCUT2D eigenvalue weighted by molar-refractivity contribution is 9.09. The van der Waals surface area contributed by atoms with Gasteiger partial charge >= 0.3 is 5.97 Å². The fourth-order valence-electron chi connectivity index (χ4n) is 3.55. The van der Waals surface area contributed by atoms with Crippen molar-refractivity contribution in [3.05, 3.63) is 71.3 Å². The maximum absolute atomic E-state index is 13.0. The van der Waals surface area contributed by atoms with Crippen molar-refractivity contribution >= 4 is 21.9 Å². The van der Waals surface area contributed by atoms with Gasteiger partial charge in [0.05, 0.1) is 5.41 Å². The molecule has 0 bridgehead atoms. The van der Waals surface area contributed by atoms with Gasteiger partial charge in [-0.1, -0.05) is 76.9 Å². The molecular weight excluding hydrogens is 364 g/mol. The number of unbranched alkanes of at least 4 members (excludes halogenated alkanes) is 1. The van der Waals surface area contributed by atoms with E-state index in [2.05, 4.69) is 40.2 Å². The molecule has 126 valence electrons. The average Bonchev–Trinajstić information content (AvgIpc) is 3.00. The number of ether oxygens (including phenoxy) is 1. The molecule has 0 saturated heterocycles. The minimum Gasteiger partial charge on any atom is -0.460 e. The predicted molar refractivity (Wildman–Crippen MR) is 100 cm³/mol. The lowest BCUT2D eigenvalue weighted by molar-refractivity contribution is -0.157. The van der Waals surface area contributed by atoms with E-state index in [4.69, 9.17) is 4.74 Å². The standard InChI is InChI=1S/C21H23BrO2/c22-13-7-6-12-21(14-18-10-4-5-11-19(18)15-21)20(23)24-16-17-8-2-1-3-9-17/h1-5,8-11H,6-7,12-16H2. The van der Waals surface area contributed by atoms with E-state index < -0.39 is 0 Å². The van der Waals surface area contributed by atoms with Gasteiger partial charge in [0.2, 0.25) is 0 Å². The van der Waals surface area contributed by atoms with Gasteiger partial charge in [0.15, 0.2) is 0 Å². The Bertz CT molecular complexity index is 656. The number of hydrogen-bond donors (Lipinski definition) is 0. The van der Waals surface area contributed by atoms with Crippen LogP contribution in [0.4, 0.5) is 0 Å². The van der Waals surface area contributed by atoms with Crippen LogP contribution in [0.25, 0.3) is 0 Å². The molecule has 0 spiro atoms. The fraction of sp³-hybridized carbons (Fsp3) is 0.381. The van der Waals surface area contributed by atoms with Crippen molar-refractivity contribution in [3.63, 3.8) is 0 Å². The molecule has 0 unspecified atom stereocenters. The molecule has 2 nitrogen and oxygen atoms in total. The molecule has 0 aromatic heterocycles. The minimum atomic E-state index is -0.388. The zero-order chi connectivity index (χ0) is 16.8. The molecule has 3 heteroatoms. The monoisotopic (exact) mass is 386 g/mol. The summed E-state index contributed by atoms with van der Waals surface area (Å²) in [6.45, 7) is 0.357. The first-order valence-corrected chi connectivity index (χ1v) is 9.70. The van der Waals surface area contributed by atoms with E-state index in [0.29, 0.717) is 6.61 Å². The van der Waals surface area contributed by atoms with Crippen LogP contribution in [0.5, 0.6) is 0 Å². The van der Waals surface area contributed by atoms with Gasteiger partial charge in [-0.15, -0.1) is 0 Å². The van der Waals surface area contributed by atoms with Crippen LogP contribution in [0.3, 0.4) is 0 Å². The number of rotatable bonds is 7. The highest BCUT2D eigenvalue weighted by atomic mass is 79.9. The van der Waals surface area contributed by atoms with Crippen molar-refractivity contribution in [2.24, 2.45) is 5.41 Å². The smallest absolute Gasteiger partial charge is 0.313 e. The molecule has 3 rings (SSSR count). The normalized spacial score (nSPS) is 15.0. The summed E-state index contributed by atoms with van der Waals surface area (Å²) in [4.78, 5) is 13.0. The highest BCUT2D eigenvalue weighted by Gasteiger charge is 2.44. The predicted octanol–water partition coefficient (Wildman–Crippen LogP) is 5.08. The molecule has 0 N–H and O–H groups in total. The van der Waals surface area contributed by atoms with Crippen molar-refractivity contribution in [2.75, 3.05) is 5.33 Å². The van der Waals surface area contributed by atoms with Crippen LogP contribution in [-0.4, -0.2) is 11.3 Å². The summed E-state index contributed by atoms with van der Waals surface area (Å²) >= 11 is 3.49. The number of alkyl halides is 1. The molecule has 1 aliphatic rings. The van der Waals surface area contributed by atoms with E-state index in [1.807, 2.05) is 30.3 Å². The van der Waals surface area contributed by atoms with Crippen molar-refractivity contribution < 1.29 is 9.53 Å². The maximum Gasteiger partial charge on any atom is 0.313 e. The highest BCUT2D eigenvalue weighted by Crippen LogP contribution is 2.42. The van der Waals surface area contributed by atoms with Gasteiger partial charge in [-0.25, -0.2) is 0 Å². The first-order valence-electron chi connectivity index (χ1n) is 8.57. The second kappa shape index (κ2) is 7.98. The Morgan fingerprint density at radius 1 is 0.958 bits per heavy atom. The summed E-state index contributed by atoms with van der Waals surface area (Å²) in [5.74, 6) is -0.0443. The molecule has 0 fully saturated rings. The number of carbonyl (C=O) groups is 1. The molecule has 0 atom stereocenters. The SMILES string of the molecule is O=C(OCc1ccccc1)C1(CCCCBr)Cc2ccccc2C1. The Morgan fingerprint density at radius 2 is 1.58 bits per heavy atom. The summed E-state index contributed by atoms with van der Waals surface area (Å²) in [6, 6.07) is 18.3. The first-order chi connectivity index (χ1) is 11.7. The van der Waals surface area contributed by atoms with Gasteiger partial charge in [-0.05, 0) is 42.4 Å². The Morgan fingerprint density at radius 3 is 2.21 bits per heavy atom. The number of halogens is 1. The Balaban J connectivity index is 1.72. The second-order valence-corrected chi connectivity index (χ2v) is 7.40. The molecule has 0 amide bonds. The quantitative estimate of drug-likeness (QED) is 0.376. The molecule has 0 radical (unpaired) electrons. The van der Waals surface area contributed by atoms with Crippen molar-refractivity contribution in [3.8, 4) is 0 Å². The maximum atomic E-state index is 13.0. The van der Waals surface area contributed by atoms with Crippen LogP contribution in [0.15, 0.2) is 54.6 Å². The van der Waals surface area contributed by atoms with Crippen molar-refractivity contribution in [1.29, 1.82) is 0 Å². The van der Waals surface area contributed by atoms with E-state index >= 15 is 0 Å². The largest absolute Gasteiger partial charge is 0.460 e. The number of fused-ring (bicyclic) bond motifs is 1. The number of carbonyl (C=O) groups excluding carboxylic acids is 1.